The zero-order valence-electron chi connectivity index (χ0n) is 39.8. The normalized spacial score (nSPS) is 15.8. The number of phosphoric ester groups is 2. The van der Waals surface area contributed by atoms with E-state index >= 15 is 0 Å². The number of aliphatic hydroxyl groups is 3. The van der Waals surface area contributed by atoms with Crippen LogP contribution in [0, 0.1) is 0 Å². The van der Waals surface area contributed by atoms with E-state index in [2.05, 4.69) is 92.7 Å². The summed E-state index contributed by atoms with van der Waals surface area (Å²) in [5.74, 6) is -1.04. The number of allylic oxidation sites excluding steroid dienone is 14. The molecule has 5 atom stereocenters. The molecule has 0 spiro atoms. The molecule has 0 amide bonds. The number of unbranched alkanes of at least 4 members (excludes halogenated alkanes) is 13. The highest BCUT2D eigenvalue weighted by atomic mass is 31.2. The number of carbonyl (C=O) groups excluding carboxylic acids is 2. The lowest BCUT2D eigenvalue weighted by atomic mass is 10.1. The number of rotatable bonds is 45. The first-order valence-corrected chi connectivity index (χ1v) is 27.0. The first-order chi connectivity index (χ1) is 31.8. The summed E-state index contributed by atoms with van der Waals surface area (Å²) in [4.78, 5) is 43.7. The predicted molar refractivity (Wildman–Crippen MR) is 260 cm³/mol. The third kappa shape index (κ3) is 46.3. The third-order valence-corrected chi connectivity index (χ3v) is 11.3. The van der Waals surface area contributed by atoms with E-state index in [1.165, 1.54) is 25.7 Å². The molecule has 0 rings (SSSR count). The number of carbonyl (C=O) groups is 2. The van der Waals surface area contributed by atoms with Crippen molar-refractivity contribution in [3.05, 3.63) is 85.1 Å². The molecule has 0 aliphatic heterocycles. The molecule has 0 saturated heterocycles. The van der Waals surface area contributed by atoms with Crippen molar-refractivity contribution in [2.45, 2.75) is 173 Å². The number of esters is 2. The number of aliphatic hydroxyl groups excluding tert-OH is 3. The minimum Gasteiger partial charge on any atom is -0.463 e. The van der Waals surface area contributed by atoms with Crippen LogP contribution in [0.3, 0.4) is 0 Å². The largest absolute Gasteiger partial charge is 0.472 e. The van der Waals surface area contributed by atoms with Crippen molar-refractivity contribution in [1.82, 2.24) is 0 Å². The lowest BCUT2D eigenvalue weighted by Crippen LogP contribution is -2.25. The second-order valence-electron chi connectivity index (χ2n) is 15.8. The van der Waals surface area contributed by atoms with Crippen LogP contribution in [0.15, 0.2) is 85.1 Å². The second-order valence-corrected chi connectivity index (χ2v) is 18.7. The Morgan fingerprint density at radius 3 is 1.17 bits per heavy atom. The molecule has 0 radical (unpaired) electrons. The highest BCUT2D eigenvalue weighted by molar-refractivity contribution is 7.47. The fourth-order valence-corrected chi connectivity index (χ4v) is 7.26. The molecule has 5 N–H and O–H groups in total. The summed E-state index contributed by atoms with van der Waals surface area (Å²) in [5, 5.41) is 30.0. The van der Waals surface area contributed by atoms with E-state index in [1.54, 1.807) is 0 Å². The van der Waals surface area contributed by atoms with Crippen molar-refractivity contribution >= 4 is 27.6 Å². The lowest BCUT2D eigenvalue weighted by molar-refractivity contribution is -0.148. The molecule has 0 aliphatic rings. The molecule has 66 heavy (non-hydrogen) atoms. The van der Waals surface area contributed by atoms with Crippen molar-refractivity contribution in [3.63, 3.8) is 0 Å². The van der Waals surface area contributed by atoms with Crippen LogP contribution in [0.4, 0.5) is 0 Å². The topological polar surface area (TPSA) is 225 Å². The van der Waals surface area contributed by atoms with Crippen molar-refractivity contribution in [1.29, 1.82) is 0 Å². The molecule has 380 valence electrons. The number of phosphoric acid groups is 2. The Kier molecular flexibility index (Phi) is 42.8. The highest BCUT2D eigenvalue weighted by Crippen LogP contribution is 2.45. The maximum Gasteiger partial charge on any atom is 0.472 e. The Balaban J connectivity index is 3.93. The first-order valence-electron chi connectivity index (χ1n) is 24.0. The maximum absolute atomic E-state index is 12.2. The Bertz CT molecular complexity index is 1510. The van der Waals surface area contributed by atoms with Gasteiger partial charge in [-0.1, -0.05) is 150 Å². The molecule has 5 unspecified atom stereocenters. The van der Waals surface area contributed by atoms with E-state index in [1.807, 2.05) is 24.3 Å². The van der Waals surface area contributed by atoms with E-state index in [4.69, 9.17) is 9.47 Å². The molecule has 0 aromatic heterocycles. The van der Waals surface area contributed by atoms with Gasteiger partial charge in [0.1, 0.15) is 31.5 Å². The molecule has 0 aliphatic carbocycles. The van der Waals surface area contributed by atoms with Gasteiger partial charge in [0.15, 0.2) is 0 Å². The van der Waals surface area contributed by atoms with Crippen LogP contribution < -0.4 is 0 Å². The average molecular weight is 975 g/mol. The van der Waals surface area contributed by atoms with E-state index in [0.29, 0.717) is 12.8 Å². The van der Waals surface area contributed by atoms with Crippen molar-refractivity contribution in [2.24, 2.45) is 0 Å². The van der Waals surface area contributed by atoms with Crippen LogP contribution in [0.25, 0.3) is 0 Å². The van der Waals surface area contributed by atoms with Gasteiger partial charge in [-0.15, -0.1) is 0 Å². The number of hydrogen-bond acceptors (Lipinski definition) is 13. The number of ether oxygens (including phenoxy) is 2. The van der Waals surface area contributed by atoms with Gasteiger partial charge < -0.3 is 34.6 Å². The number of hydrogen-bond donors (Lipinski definition) is 5. The summed E-state index contributed by atoms with van der Waals surface area (Å²) in [5.41, 5.74) is 0. The summed E-state index contributed by atoms with van der Waals surface area (Å²) < 4.78 is 52.9. The van der Waals surface area contributed by atoms with Crippen LogP contribution in [0.5, 0.6) is 0 Å². The van der Waals surface area contributed by atoms with Gasteiger partial charge in [0.05, 0.1) is 26.4 Å². The van der Waals surface area contributed by atoms with E-state index in [-0.39, 0.29) is 12.8 Å². The lowest BCUT2D eigenvalue weighted by Gasteiger charge is -2.19. The fourth-order valence-electron chi connectivity index (χ4n) is 5.66. The van der Waals surface area contributed by atoms with E-state index < -0.39 is 85.5 Å². The van der Waals surface area contributed by atoms with Crippen LogP contribution in [0.2, 0.25) is 0 Å². The van der Waals surface area contributed by atoms with Crippen molar-refractivity contribution in [2.75, 3.05) is 39.6 Å². The van der Waals surface area contributed by atoms with Gasteiger partial charge in [0.2, 0.25) is 0 Å². The van der Waals surface area contributed by atoms with Crippen LogP contribution in [-0.2, 0) is 46.3 Å². The fraction of sp³-hybridized carbons (Fsp3) is 0.673. The summed E-state index contributed by atoms with van der Waals surface area (Å²) >= 11 is 0. The monoisotopic (exact) mass is 975 g/mol. The molecule has 0 aromatic carbocycles. The molecular formula is C49H84O15P2. The molecule has 0 bridgehead atoms. The van der Waals surface area contributed by atoms with Gasteiger partial charge in [-0.25, -0.2) is 9.13 Å². The van der Waals surface area contributed by atoms with Gasteiger partial charge in [0, 0.05) is 12.8 Å². The quantitative estimate of drug-likeness (QED) is 0.0126. The smallest absolute Gasteiger partial charge is 0.463 e. The molecule has 15 nitrogen and oxygen atoms in total. The summed E-state index contributed by atoms with van der Waals surface area (Å²) in [6.07, 6.45) is 45.7. The van der Waals surface area contributed by atoms with E-state index in [0.717, 1.165) is 89.9 Å². The Hall–Kier alpha value is -2.78. The van der Waals surface area contributed by atoms with Gasteiger partial charge >= 0.3 is 27.6 Å². The Labute approximate surface area is 396 Å². The summed E-state index contributed by atoms with van der Waals surface area (Å²) in [6, 6.07) is 0. The van der Waals surface area contributed by atoms with Gasteiger partial charge in [-0.05, 0) is 77.0 Å². The molecule has 17 heteroatoms. The standard InChI is InChI=1S/C49H84O15P2/c1-3-5-7-9-11-13-15-17-18-19-20-21-22-23-24-26-28-30-32-34-36-38-49(54)60-40-46(51)42-62-66(57,58)64-44-47(52)43-63-65(55,56)61-41-45(50)39-59-48(53)37-35-33-31-29-27-25-16-14-12-10-8-6-4-2/h6,8,10-14,16-18,20-21,23-24,45-47,50-52H,3-5,7,9,15,19,22,25-44H2,1-2H3,(H,55,56)(H,57,58)/b8-6+,12-10+,13-11-,16-14-,18-17-,21-20-,24-23-. The summed E-state index contributed by atoms with van der Waals surface area (Å²) in [6.45, 7) is 0.184. The zero-order valence-corrected chi connectivity index (χ0v) is 41.6. The Morgan fingerprint density at radius 2 is 0.758 bits per heavy atom. The molecule has 0 aromatic rings. The van der Waals surface area contributed by atoms with Crippen LogP contribution in [-0.4, -0.2) is 95.0 Å². The van der Waals surface area contributed by atoms with Crippen LogP contribution >= 0.6 is 15.6 Å². The minimum atomic E-state index is -4.80. The van der Waals surface area contributed by atoms with Gasteiger partial charge in [-0.3, -0.25) is 27.7 Å². The molecule has 0 fully saturated rings. The van der Waals surface area contributed by atoms with Gasteiger partial charge in [-0.2, -0.15) is 0 Å². The SMILES string of the molecule is CC/C=C/C=C/C=C\CCCCCCCC(=O)OCC(O)COP(=O)(O)OCC(O)COP(=O)(O)OCC(O)COC(=O)CCCCCCC/C=C\C/C=C\C/C=C\C/C=C\CCCCC. The Morgan fingerprint density at radius 1 is 0.424 bits per heavy atom. The predicted octanol–water partition coefficient (Wildman–Crippen LogP) is 10.9. The molecule has 0 saturated carbocycles. The molecule has 0 heterocycles. The van der Waals surface area contributed by atoms with E-state index in [9.17, 15) is 43.8 Å². The zero-order chi connectivity index (χ0) is 48.8. The third-order valence-electron chi connectivity index (χ3n) is 9.40. The first kappa shape index (κ1) is 63.2. The highest BCUT2D eigenvalue weighted by Gasteiger charge is 2.28. The van der Waals surface area contributed by atoms with Gasteiger partial charge in [0.25, 0.3) is 0 Å². The van der Waals surface area contributed by atoms with Crippen molar-refractivity contribution in [3.8, 4) is 0 Å². The van der Waals surface area contributed by atoms with Crippen molar-refractivity contribution < 1.29 is 71.4 Å². The minimum absolute atomic E-state index is 0.169. The second kappa shape index (κ2) is 44.7. The molecular weight excluding hydrogens is 890 g/mol. The average Bonchev–Trinajstić information content (AvgIpc) is 3.29. The van der Waals surface area contributed by atoms with Crippen LogP contribution in [0.1, 0.15) is 155 Å². The maximum atomic E-state index is 12.2. The summed E-state index contributed by atoms with van der Waals surface area (Å²) in [7, 11) is -9.59.